The van der Waals surface area contributed by atoms with Crippen LogP contribution in [0, 0.1) is 0 Å². The molecular formula is C13H10F2O. The average Bonchev–Trinajstić information content (AvgIpc) is 2.36. The van der Waals surface area contributed by atoms with Crippen molar-refractivity contribution in [3.63, 3.8) is 0 Å². The second-order valence-electron chi connectivity index (χ2n) is 3.50. The van der Waals surface area contributed by atoms with E-state index in [0.29, 0.717) is 5.56 Å². The SMILES string of the molecule is OC(/C(F)=C/F)c1ccc2ccccc2c1. The largest absolute Gasteiger partial charge is 0.381 e. The van der Waals surface area contributed by atoms with Crippen LogP contribution in [0.4, 0.5) is 8.78 Å². The van der Waals surface area contributed by atoms with Crippen LogP contribution >= 0.6 is 0 Å². The molecule has 0 saturated heterocycles. The number of halogens is 2. The van der Waals surface area contributed by atoms with Gasteiger partial charge in [-0.3, -0.25) is 0 Å². The van der Waals surface area contributed by atoms with E-state index in [1.54, 1.807) is 18.2 Å². The van der Waals surface area contributed by atoms with Gasteiger partial charge < -0.3 is 5.11 Å². The Morgan fingerprint density at radius 1 is 1.12 bits per heavy atom. The molecular weight excluding hydrogens is 210 g/mol. The zero-order valence-corrected chi connectivity index (χ0v) is 8.40. The highest BCUT2D eigenvalue weighted by atomic mass is 19.2. The molecule has 2 rings (SSSR count). The summed E-state index contributed by atoms with van der Waals surface area (Å²) in [6.45, 7) is 0. The second-order valence-corrected chi connectivity index (χ2v) is 3.50. The third kappa shape index (κ3) is 1.95. The molecule has 1 nitrogen and oxygen atoms in total. The van der Waals surface area contributed by atoms with Crippen LogP contribution in [0.5, 0.6) is 0 Å². The van der Waals surface area contributed by atoms with Gasteiger partial charge in [-0.1, -0.05) is 36.4 Å². The van der Waals surface area contributed by atoms with E-state index in [9.17, 15) is 13.9 Å². The van der Waals surface area contributed by atoms with Crippen molar-refractivity contribution in [1.29, 1.82) is 0 Å². The van der Waals surface area contributed by atoms with Gasteiger partial charge in [0.1, 0.15) is 12.4 Å². The minimum absolute atomic E-state index is 0.222. The summed E-state index contributed by atoms with van der Waals surface area (Å²) in [5.41, 5.74) is 0.338. The molecule has 0 aliphatic carbocycles. The molecule has 1 unspecified atom stereocenters. The first-order chi connectivity index (χ1) is 7.72. The lowest BCUT2D eigenvalue weighted by atomic mass is 10.0. The Morgan fingerprint density at radius 3 is 2.50 bits per heavy atom. The summed E-state index contributed by atoms with van der Waals surface area (Å²) in [6.07, 6.45) is -1.76. The molecule has 2 aromatic rings. The Kier molecular flexibility index (Phi) is 2.97. The molecule has 0 saturated carbocycles. The van der Waals surface area contributed by atoms with Crippen LogP contribution in [0.25, 0.3) is 10.8 Å². The van der Waals surface area contributed by atoms with Crippen molar-refractivity contribution in [2.24, 2.45) is 0 Å². The molecule has 0 amide bonds. The maximum atomic E-state index is 12.8. The van der Waals surface area contributed by atoms with Crippen molar-refractivity contribution < 1.29 is 13.9 Å². The summed E-state index contributed by atoms with van der Waals surface area (Å²) < 4.78 is 24.8. The van der Waals surface area contributed by atoms with Crippen LogP contribution in [0.15, 0.2) is 54.6 Å². The fourth-order valence-corrected chi connectivity index (χ4v) is 1.60. The normalized spacial score (nSPS) is 14.1. The molecule has 3 heteroatoms. The highest BCUT2D eigenvalue weighted by Crippen LogP contribution is 2.25. The number of benzene rings is 2. The van der Waals surface area contributed by atoms with Crippen molar-refractivity contribution >= 4 is 10.8 Å². The third-order valence-corrected chi connectivity index (χ3v) is 2.45. The van der Waals surface area contributed by atoms with Gasteiger partial charge in [-0.15, -0.1) is 0 Å². The summed E-state index contributed by atoms with van der Waals surface area (Å²) in [5, 5.41) is 11.3. The molecule has 1 N–H and O–H groups in total. The molecule has 0 radical (unpaired) electrons. The average molecular weight is 220 g/mol. The van der Waals surface area contributed by atoms with Gasteiger partial charge >= 0.3 is 0 Å². The van der Waals surface area contributed by atoms with E-state index in [-0.39, 0.29) is 6.33 Å². The first-order valence-electron chi connectivity index (χ1n) is 4.85. The van der Waals surface area contributed by atoms with Crippen molar-refractivity contribution in [3.05, 3.63) is 60.2 Å². The second kappa shape index (κ2) is 4.41. The Bertz CT molecular complexity index is 534. The van der Waals surface area contributed by atoms with Gasteiger partial charge in [-0.25, -0.2) is 8.78 Å². The first-order valence-corrected chi connectivity index (χ1v) is 4.85. The predicted octanol–water partition coefficient (Wildman–Crippen LogP) is 3.65. The van der Waals surface area contributed by atoms with Gasteiger partial charge in [-0.05, 0) is 22.4 Å². The van der Waals surface area contributed by atoms with E-state index < -0.39 is 11.9 Å². The van der Waals surface area contributed by atoms with Crippen LogP contribution in [0.2, 0.25) is 0 Å². The van der Waals surface area contributed by atoms with Crippen LogP contribution in [-0.4, -0.2) is 5.11 Å². The lowest BCUT2D eigenvalue weighted by Gasteiger charge is -2.08. The van der Waals surface area contributed by atoms with Gasteiger partial charge in [0, 0.05) is 0 Å². The number of rotatable bonds is 2. The van der Waals surface area contributed by atoms with Crippen LogP contribution in [0.3, 0.4) is 0 Å². The van der Waals surface area contributed by atoms with E-state index in [4.69, 9.17) is 0 Å². The van der Waals surface area contributed by atoms with E-state index in [0.717, 1.165) is 10.8 Å². The summed E-state index contributed by atoms with van der Waals surface area (Å²) in [4.78, 5) is 0. The highest BCUT2D eigenvalue weighted by molar-refractivity contribution is 5.83. The maximum absolute atomic E-state index is 12.8. The minimum Gasteiger partial charge on any atom is -0.381 e. The molecule has 0 bridgehead atoms. The van der Waals surface area contributed by atoms with Gasteiger partial charge in [0.25, 0.3) is 0 Å². The number of aliphatic hydroxyl groups is 1. The van der Waals surface area contributed by atoms with E-state index >= 15 is 0 Å². The zero-order chi connectivity index (χ0) is 11.5. The smallest absolute Gasteiger partial charge is 0.161 e. The van der Waals surface area contributed by atoms with Gasteiger partial charge in [-0.2, -0.15) is 0 Å². The van der Waals surface area contributed by atoms with Crippen LogP contribution < -0.4 is 0 Å². The topological polar surface area (TPSA) is 20.2 Å². The van der Waals surface area contributed by atoms with Crippen molar-refractivity contribution in [1.82, 2.24) is 0 Å². The maximum Gasteiger partial charge on any atom is 0.161 e. The predicted molar refractivity (Wildman–Crippen MR) is 59.2 cm³/mol. The van der Waals surface area contributed by atoms with E-state index in [1.165, 1.54) is 0 Å². The fraction of sp³-hybridized carbons (Fsp3) is 0.0769. The molecule has 0 aliphatic rings. The third-order valence-electron chi connectivity index (χ3n) is 2.45. The van der Waals surface area contributed by atoms with Crippen LogP contribution in [-0.2, 0) is 0 Å². The first kappa shape index (κ1) is 10.8. The number of fused-ring (bicyclic) bond motifs is 1. The quantitative estimate of drug-likeness (QED) is 0.818. The minimum atomic E-state index is -1.53. The van der Waals surface area contributed by atoms with Crippen LogP contribution in [0.1, 0.15) is 11.7 Å². The fourth-order valence-electron chi connectivity index (χ4n) is 1.60. The Labute approximate surface area is 91.6 Å². The lowest BCUT2D eigenvalue weighted by molar-refractivity contribution is 0.183. The Balaban J connectivity index is 2.47. The molecule has 82 valence electrons. The molecule has 2 aromatic carbocycles. The Hall–Kier alpha value is -1.74. The molecule has 16 heavy (non-hydrogen) atoms. The monoisotopic (exact) mass is 220 g/mol. The summed E-state index contributed by atoms with van der Waals surface area (Å²) in [5.74, 6) is -1.18. The van der Waals surface area contributed by atoms with Gasteiger partial charge in [0.15, 0.2) is 5.83 Å². The van der Waals surface area contributed by atoms with E-state index in [2.05, 4.69) is 0 Å². The molecule has 1 atom stereocenters. The Morgan fingerprint density at radius 2 is 1.81 bits per heavy atom. The number of hydrogen-bond donors (Lipinski definition) is 1. The standard InChI is InChI=1S/C13H10F2O/c14-8-12(15)13(16)11-6-5-9-3-1-2-4-10(9)7-11/h1-8,13,16H/b12-8-. The zero-order valence-electron chi connectivity index (χ0n) is 8.40. The number of hydrogen-bond acceptors (Lipinski definition) is 1. The van der Waals surface area contributed by atoms with E-state index in [1.807, 2.05) is 24.3 Å². The summed E-state index contributed by atoms with van der Waals surface area (Å²) in [7, 11) is 0. The number of aliphatic hydroxyl groups excluding tert-OH is 1. The molecule has 0 heterocycles. The van der Waals surface area contributed by atoms with Gasteiger partial charge in [0.05, 0.1) is 0 Å². The molecule has 0 spiro atoms. The lowest BCUT2D eigenvalue weighted by Crippen LogP contribution is -1.97. The molecule has 0 aliphatic heterocycles. The van der Waals surface area contributed by atoms with Crippen molar-refractivity contribution in [2.45, 2.75) is 6.10 Å². The summed E-state index contributed by atoms with van der Waals surface area (Å²) >= 11 is 0. The molecule has 0 aromatic heterocycles. The molecule has 0 fully saturated rings. The highest BCUT2D eigenvalue weighted by Gasteiger charge is 2.13. The summed E-state index contributed by atoms with van der Waals surface area (Å²) in [6, 6.07) is 12.5. The van der Waals surface area contributed by atoms with Crippen molar-refractivity contribution in [2.75, 3.05) is 0 Å². The van der Waals surface area contributed by atoms with Crippen molar-refractivity contribution in [3.8, 4) is 0 Å². The van der Waals surface area contributed by atoms with Gasteiger partial charge in [0.2, 0.25) is 0 Å².